The van der Waals surface area contributed by atoms with Crippen molar-refractivity contribution in [2.24, 2.45) is 0 Å². The molecule has 0 fully saturated rings. The summed E-state index contributed by atoms with van der Waals surface area (Å²) in [5.74, 6) is 1.90. The van der Waals surface area contributed by atoms with E-state index in [4.69, 9.17) is 16.0 Å². The first-order chi connectivity index (χ1) is 9.11. The van der Waals surface area contributed by atoms with Gasteiger partial charge in [-0.15, -0.1) is 0 Å². The Morgan fingerprint density at radius 3 is 2.79 bits per heavy atom. The summed E-state index contributed by atoms with van der Waals surface area (Å²) in [5.41, 5.74) is 2.14. The molecule has 0 spiro atoms. The van der Waals surface area contributed by atoms with Crippen LogP contribution in [0.2, 0.25) is 5.02 Å². The Hall–Kier alpha value is -1.25. The molecule has 0 amide bonds. The summed E-state index contributed by atoms with van der Waals surface area (Å²) in [7, 11) is 0. The Bertz CT molecular complexity index is 547. The molecule has 0 saturated heterocycles. The van der Waals surface area contributed by atoms with Crippen molar-refractivity contribution in [2.75, 3.05) is 0 Å². The smallest absolute Gasteiger partial charge is 0.158 e. The van der Waals surface area contributed by atoms with E-state index in [9.17, 15) is 0 Å². The van der Waals surface area contributed by atoms with E-state index >= 15 is 0 Å². The van der Waals surface area contributed by atoms with E-state index in [-0.39, 0.29) is 0 Å². The molecular weight excluding hydrogens is 258 g/mol. The molecule has 2 N–H and O–H groups in total. The second kappa shape index (κ2) is 6.27. The summed E-state index contributed by atoms with van der Waals surface area (Å²) in [4.78, 5) is 0. The second-order valence-electron chi connectivity index (χ2n) is 5.00. The van der Waals surface area contributed by atoms with Gasteiger partial charge in [0, 0.05) is 10.6 Å². The van der Waals surface area contributed by atoms with Crippen LogP contribution in [0.1, 0.15) is 31.6 Å². The summed E-state index contributed by atoms with van der Waals surface area (Å²) >= 11 is 6.14. The van der Waals surface area contributed by atoms with E-state index in [2.05, 4.69) is 25.2 Å². The molecule has 1 aromatic carbocycles. The van der Waals surface area contributed by atoms with Crippen LogP contribution in [0.15, 0.2) is 34.7 Å². The minimum absolute atomic E-state index is 0.626. The maximum absolute atomic E-state index is 6.14. The van der Waals surface area contributed by atoms with Crippen molar-refractivity contribution >= 4 is 11.6 Å². The van der Waals surface area contributed by atoms with E-state index < -0.39 is 0 Å². The van der Waals surface area contributed by atoms with Crippen molar-refractivity contribution in [1.82, 2.24) is 0 Å². The second-order valence-corrected chi connectivity index (χ2v) is 5.41. The summed E-state index contributed by atoms with van der Waals surface area (Å²) < 4.78 is 5.91. The number of quaternary nitrogens is 1. The number of halogens is 1. The van der Waals surface area contributed by atoms with E-state index in [0.29, 0.717) is 6.04 Å². The standard InChI is InChI=1S/C16H20ClNO/c1-4-11(2)18-10-13-8-9-16(19-13)14-6-5-7-15(17)12(14)3/h5-9,11,18H,4,10H2,1-3H3/p+1/t11-/m1/s1. The number of rotatable bonds is 5. The molecule has 0 saturated carbocycles. The largest absolute Gasteiger partial charge is 0.455 e. The van der Waals surface area contributed by atoms with Crippen LogP contribution in [-0.2, 0) is 6.54 Å². The average Bonchev–Trinajstić information content (AvgIpc) is 2.87. The fourth-order valence-corrected chi connectivity index (χ4v) is 2.17. The minimum atomic E-state index is 0.626. The lowest BCUT2D eigenvalue weighted by Crippen LogP contribution is -2.87. The molecular formula is C16H21ClNO+. The highest BCUT2D eigenvalue weighted by atomic mass is 35.5. The number of hydrogen-bond acceptors (Lipinski definition) is 1. The highest BCUT2D eigenvalue weighted by molar-refractivity contribution is 6.31. The predicted molar refractivity (Wildman–Crippen MR) is 79.3 cm³/mol. The van der Waals surface area contributed by atoms with Gasteiger partial charge < -0.3 is 9.73 Å². The molecule has 1 aromatic heterocycles. The first-order valence-electron chi connectivity index (χ1n) is 6.79. The Morgan fingerprint density at radius 2 is 2.05 bits per heavy atom. The lowest BCUT2D eigenvalue weighted by molar-refractivity contribution is -0.703. The Morgan fingerprint density at radius 1 is 1.26 bits per heavy atom. The number of hydrogen-bond donors (Lipinski definition) is 1. The fourth-order valence-electron chi connectivity index (χ4n) is 1.99. The van der Waals surface area contributed by atoms with E-state index in [1.807, 2.05) is 31.2 Å². The normalized spacial score (nSPS) is 12.6. The van der Waals surface area contributed by atoms with Crippen LogP contribution >= 0.6 is 11.6 Å². The summed E-state index contributed by atoms with van der Waals surface area (Å²) in [6, 6.07) is 10.6. The van der Waals surface area contributed by atoms with Gasteiger partial charge in [-0.2, -0.15) is 0 Å². The summed E-state index contributed by atoms with van der Waals surface area (Å²) in [6.07, 6.45) is 1.17. The van der Waals surface area contributed by atoms with Gasteiger partial charge in [0.15, 0.2) is 5.76 Å². The van der Waals surface area contributed by atoms with Gasteiger partial charge in [-0.25, -0.2) is 0 Å². The Kier molecular flexibility index (Phi) is 4.67. The molecule has 102 valence electrons. The molecule has 2 aromatic rings. The van der Waals surface area contributed by atoms with Crippen molar-refractivity contribution < 1.29 is 9.73 Å². The average molecular weight is 279 g/mol. The maximum Gasteiger partial charge on any atom is 0.158 e. The van der Waals surface area contributed by atoms with Crippen molar-refractivity contribution in [3.8, 4) is 11.3 Å². The van der Waals surface area contributed by atoms with Crippen molar-refractivity contribution in [3.63, 3.8) is 0 Å². The molecule has 2 nitrogen and oxygen atoms in total. The van der Waals surface area contributed by atoms with Gasteiger partial charge in [0.1, 0.15) is 12.3 Å². The van der Waals surface area contributed by atoms with Crippen molar-refractivity contribution in [2.45, 2.75) is 39.8 Å². The first kappa shape index (κ1) is 14.2. The van der Waals surface area contributed by atoms with Gasteiger partial charge in [0.2, 0.25) is 0 Å². The zero-order valence-corrected chi connectivity index (χ0v) is 12.5. The third-order valence-corrected chi connectivity index (χ3v) is 3.97. The van der Waals surface area contributed by atoms with Crippen LogP contribution in [0.3, 0.4) is 0 Å². The van der Waals surface area contributed by atoms with Gasteiger partial charge in [-0.05, 0) is 44.0 Å². The molecule has 0 bridgehead atoms. The van der Waals surface area contributed by atoms with Crippen LogP contribution in [0, 0.1) is 6.92 Å². The lowest BCUT2D eigenvalue weighted by Gasteiger charge is -2.06. The quantitative estimate of drug-likeness (QED) is 0.886. The topological polar surface area (TPSA) is 29.8 Å². The van der Waals surface area contributed by atoms with Crippen LogP contribution in [0.25, 0.3) is 11.3 Å². The SMILES string of the molecule is CC[C@@H](C)[NH2+]Cc1ccc(-c2cccc(Cl)c2C)o1. The van der Waals surface area contributed by atoms with Gasteiger partial charge in [-0.1, -0.05) is 30.7 Å². The molecule has 0 aliphatic carbocycles. The maximum atomic E-state index is 6.14. The van der Waals surface area contributed by atoms with E-state index in [0.717, 1.165) is 34.2 Å². The molecule has 3 heteroatoms. The van der Waals surface area contributed by atoms with Crippen LogP contribution in [-0.4, -0.2) is 6.04 Å². The molecule has 0 radical (unpaired) electrons. The monoisotopic (exact) mass is 278 g/mol. The van der Waals surface area contributed by atoms with Gasteiger partial charge >= 0.3 is 0 Å². The minimum Gasteiger partial charge on any atom is -0.455 e. The van der Waals surface area contributed by atoms with Crippen LogP contribution < -0.4 is 5.32 Å². The molecule has 0 aliphatic heterocycles. The molecule has 0 aliphatic rings. The van der Waals surface area contributed by atoms with Gasteiger partial charge in [-0.3, -0.25) is 0 Å². The van der Waals surface area contributed by atoms with Crippen molar-refractivity contribution in [1.29, 1.82) is 0 Å². The Balaban J connectivity index is 2.14. The van der Waals surface area contributed by atoms with Crippen molar-refractivity contribution in [3.05, 3.63) is 46.7 Å². The summed E-state index contributed by atoms with van der Waals surface area (Å²) in [5, 5.41) is 3.08. The van der Waals surface area contributed by atoms with Crippen LogP contribution in [0.5, 0.6) is 0 Å². The number of furan rings is 1. The molecule has 1 atom stereocenters. The number of benzene rings is 1. The third kappa shape index (κ3) is 3.40. The Labute approximate surface area is 119 Å². The first-order valence-corrected chi connectivity index (χ1v) is 7.17. The van der Waals surface area contributed by atoms with E-state index in [1.54, 1.807) is 0 Å². The summed E-state index contributed by atoms with van der Waals surface area (Å²) in [6.45, 7) is 7.33. The molecule has 19 heavy (non-hydrogen) atoms. The highest BCUT2D eigenvalue weighted by Crippen LogP contribution is 2.29. The zero-order chi connectivity index (χ0) is 13.8. The molecule has 0 unspecified atom stereocenters. The van der Waals surface area contributed by atoms with Crippen LogP contribution in [0.4, 0.5) is 0 Å². The predicted octanol–water partition coefficient (Wildman–Crippen LogP) is 3.77. The third-order valence-electron chi connectivity index (χ3n) is 3.56. The van der Waals surface area contributed by atoms with E-state index in [1.165, 1.54) is 6.42 Å². The molecule has 1 heterocycles. The van der Waals surface area contributed by atoms with Gasteiger partial charge in [0.25, 0.3) is 0 Å². The lowest BCUT2D eigenvalue weighted by atomic mass is 10.1. The molecule has 2 rings (SSSR count). The number of nitrogens with two attached hydrogens (primary N) is 1. The fraction of sp³-hybridized carbons (Fsp3) is 0.375. The highest BCUT2D eigenvalue weighted by Gasteiger charge is 2.11. The zero-order valence-electron chi connectivity index (χ0n) is 11.7. The van der Waals surface area contributed by atoms with Gasteiger partial charge in [0.05, 0.1) is 6.04 Å².